The molecule has 0 aliphatic carbocycles. The van der Waals surface area contributed by atoms with Crippen LogP contribution in [0.3, 0.4) is 0 Å². The summed E-state index contributed by atoms with van der Waals surface area (Å²) in [5.41, 5.74) is 1.55. The van der Waals surface area contributed by atoms with Gasteiger partial charge in [-0.1, -0.05) is 18.2 Å². The van der Waals surface area contributed by atoms with Crippen LogP contribution in [0, 0.1) is 12.7 Å². The van der Waals surface area contributed by atoms with Gasteiger partial charge in [0.2, 0.25) is 5.91 Å². The molecule has 8 heteroatoms. The van der Waals surface area contributed by atoms with E-state index in [-0.39, 0.29) is 12.0 Å². The van der Waals surface area contributed by atoms with Crippen molar-refractivity contribution in [3.05, 3.63) is 65.0 Å². The summed E-state index contributed by atoms with van der Waals surface area (Å²) in [6.45, 7) is 0.247. The highest BCUT2D eigenvalue weighted by Gasteiger charge is 2.28. The second kappa shape index (κ2) is 7.99. The van der Waals surface area contributed by atoms with Crippen LogP contribution in [0.1, 0.15) is 21.5 Å². The molecular weight excluding hydrogens is 352 g/mol. The van der Waals surface area contributed by atoms with Gasteiger partial charge in [-0.25, -0.2) is 4.39 Å². The molecule has 2 aromatic carbocycles. The third-order valence-electron chi connectivity index (χ3n) is 3.50. The molecule has 138 valence electrons. The van der Waals surface area contributed by atoms with E-state index in [1.807, 2.05) is 0 Å². The van der Waals surface area contributed by atoms with Gasteiger partial charge < -0.3 is 10.6 Å². The molecule has 0 aromatic heterocycles. The molecule has 0 saturated heterocycles. The molecule has 2 N–H and O–H groups in total. The maximum absolute atomic E-state index is 12.9. The van der Waals surface area contributed by atoms with Crippen LogP contribution >= 0.6 is 0 Å². The van der Waals surface area contributed by atoms with E-state index >= 15 is 0 Å². The van der Waals surface area contributed by atoms with Crippen molar-refractivity contribution in [2.45, 2.75) is 19.5 Å². The summed E-state index contributed by atoms with van der Waals surface area (Å²) in [5.74, 6) is -1.70. The van der Waals surface area contributed by atoms with Gasteiger partial charge >= 0.3 is 6.18 Å². The molecule has 0 radical (unpaired) electrons. The molecule has 0 atom stereocenters. The Balaban J connectivity index is 2.05. The number of anilines is 1. The fourth-order valence-electron chi connectivity index (χ4n) is 2.16. The summed E-state index contributed by atoms with van der Waals surface area (Å²) < 4.78 is 49.4. The number of hydrogen-bond donors (Lipinski definition) is 2. The Bertz CT molecular complexity index is 802. The van der Waals surface area contributed by atoms with Gasteiger partial charge in [-0.05, 0) is 42.3 Å². The van der Waals surface area contributed by atoms with Crippen LogP contribution in [-0.4, -0.2) is 24.5 Å². The van der Waals surface area contributed by atoms with Crippen molar-refractivity contribution >= 4 is 17.5 Å². The van der Waals surface area contributed by atoms with E-state index in [0.717, 1.165) is 0 Å². The second-order valence-electron chi connectivity index (χ2n) is 5.68. The summed E-state index contributed by atoms with van der Waals surface area (Å²) in [6.07, 6.45) is -4.52. The summed E-state index contributed by atoms with van der Waals surface area (Å²) >= 11 is 0. The third kappa shape index (κ3) is 5.87. The van der Waals surface area contributed by atoms with E-state index in [4.69, 9.17) is 0 Å². The van der Waals surface area contributed by atoms with Gasteiger partial charge in [-0.3, -0.25) is 9.59 Å². The van der Waals surface area contributed by atoms with Gasteiger partial charge in [0.05, 0.1) is 6.42 Å². The van der Waals surface area contributed by atoms with E-state index < -0.39 is 30.4 Å². The van der Waals surface area contributed by atoms with E-state index in [2.05, 4.69) is 5.32 Å². The predicted molar refractivity (Wildman–Crippen MR) is 88.3 cm³/mol. The average Bonchev–Trinajstić information content (AvgIpc) is 2.56. The van der Waals surface area contributed by atoms with Gasteiger partial charge in [-0.2, -0.15) is 13.2 Å². The Morgan fingerprint density at radius 2 is 1.69 bits per heavy atom. The van der Waals surface area contributed by atoms with Crippen LogP contribution < -0.4 is 10.6 Å². The monoisotopic (exact) mass is 368 g/mol. The minimum atomic E-state index is -4.51. The van der Waals surface area contributed by atoms with Crippen LogP contribution in [0.2, 0.25) is 0 Å². The highest BCUT2D eigenvalue weighted by Crippen LogP contribution is 2.18. The zero-order valence-corrected chi connectivity index (χ0v) is 13.8. The zero-order valence-electron chi connectivity index (χ0n) is 13.8. The summed E-state index contributed by atoms with van der Waals surface area (Å²) in [4.78, 5) is 23.9. The molecule has 0 fully saturated rings. The van der Waals surface area contributed by atoms with Crippen LogP contribution in [-0.2, 0) is 11.2 Å². The number of nitrogens with one attached hydrogen (secondary N) is 2. The number of alkyl halides is 3. The normalized spacial score (nSPS) is 11.1. The summed E-state index contributed by atoms with van der Waals surface area (Å²) in [5, 5.41) is 4.38. The molecule has 0 bridgehead atoms. The topological polar surface area (TPSA) is 58.2 Å². The standard InChI is InChI=1S/C18H16F4N2O2/c1-11-2-5-13(17(26)23-10-18(20,21)22)9-15(11)24-16(25)8-12-3-6-14(19)7-4-12/h2-7,9H,8,10H2,1H3,(H,23,26)(H,24,25). The maximum atomic E-state index is 12.9. The van der Waals surface area contributed by atoms with Crippen molar-refractivity contribution in [1.29, 1.82) is 0 Å². The molecular formula is C18H16F4N2O2. The lowest BCUT2D eigenvalue weighted by atomic mass is 10.1. The number of benzene rings is 2. The lowest BCUT2D eigenvalue weighted by Gasteiger charge is -2.12. The first-order valence-corrected chi connectivity index (χ1v) is 7.64. The van der Waals surface area contributed by atoms with Crippen molar-refractivity contribution in [1.82, 2.24) is 5.32 Å². The van der Waals surface area contributed by atoms with Crippen LogP contribution in [0.4, 0.5) is 23.2 Å². The number of halogens is 4. The lowest BCUT2D eigenvalue weighted by Crippen LogP contribution is -2.33. The smallest absolute Gasteiger partial charge is 0.343 e. The molecule has 0 saturated carbocycles. The molecule has 4 nitrogen and oxygen atoms in total. The van der Waals surface area contributed by atoms with Crippen molar-refractivity contribution in [2.75, 3.05) is 11.9 Å². The zero-order chi connectivity index (χ0) is 19.3. The van der Waals surface area contributed by atoms with Gasteiger partial charge in [0.25, 0.3) is 5.91 Å². The average molecular weight is 368 g/mol. The SMILES string of the molecule is Cc1ccc(C(=O)NCC(F)(F)F)cc1NC(=O)Cc1ccc(F)cc1. The third-order valence-corrected chi connectivity index (χ3v) is 3.50. The van der Waals surface area contributed by atoms with E-state index in [9.17, 15) is 27.2 Å². The number of rotatable bonds is 5. The van der Waals surface area contributed by atoms with Gasteiger partial charge in [-0.15, -0.1) is 0 Å². The number of aryl methyl sites for hydroxylation is 1. The van der Waals surface area contributed by atoms with Crippen molar-refractivity contribution < 1.29 is 27.2 Å². The van der Waals surface area contributed by atoms with E-state index in [0.29, 0.717) is 16.8 Å². The molecule has 2 amide bonds. The predicted octanol–water partition coefficient (Wildman–Crippen LogP) is 3.61. The summed E-state index contributed by atoms with van der Waals surface area (Å²) in [6, 6.07) is 9.63. The van der Waals surface area contributed by atoms with Crippen LogP contribution in [0.5, 0.6) is 0 Å². The lowest BCUT2D eigenvalue weighted by molar-refractivity contribution is -0.123. The Labute approximate surface area is 147 Å². The Kier molecular flexibility index (Phi) is 5.97. The summed E-state index contributed by atoms with van der Waals surface area (Å²) in [7, 11) is 0. The quantitative estimate of drug-likeness (QED) is 0.793. The van der Waals surface area contributed by atoms with Crippen molar-refractivity contribution in [2.24, 2.45) is 0 Å². The highest BCUT2D eigenvalue weighted by molar-refractivity contribution is 5.98. The Morgan fingerprint density at radius 1 is 1.04 bits per heavy atom. The molecule has 0 spiro atoms. The number of carbonyl (C=O) groups is 2. The highest BCUT2D eigenvalue weighted by atomic mass is 19.4. The number of hydrogen-bond acceptors (Lipinski definition) is 2. The fraction of sp³-hybridized carbons (Fsp3) is 0.222. The molecule has 0 aliphatic rings. The van der Waals surface area contributed by atoms with Gasteiger partial charge in [0.1, 0.15) is 12.4 Å². The first kappa shape index (κ1) is 19.4. The van der Waals surface area contributed by atoms with Crippen molar-refractivity contribution in [3.8, 4) is 0 Å². The molecule has 26 heavy (non-hydrogen) atoms. The Morgan fingerprint density at radius 3 is 2.31 bits per heavy atom. The molecule has 2 rings (SSSR count). The molecule has 0 heterocycles. The molecule has 2 aromatic rings. The molecule has 0 unspecified atom stereocenters. The fourth-order valence-corrected chi connectivity index (χ4v) is 2.16. The first-order chi connectivity index (χ1) is 12.1. The van der Waals surface area contributed by atoms with Gasteiger partial charge in [0.15, 0.2) is 0 Å². The van der Waals surface area contributed by atoms with E-state index in [1.54, 1.807) is 12.2 Å². The van der Waals surface area contributed by atoms with Crippen LogP contribution in [0.15, 0.2) is 42.5 Å². The minimum absolute atomic E-state index is 0.00284. The number of amides is 2. The largest absolute Gasteiger partial charge is 0.405 e. The van der Waals surface area contributed by atoms with Crippen molar-refractivity contribution in [3.63, 3.8) is 0 Å². The first-order valence-electron chi connectivity index (χ1n) is 7.64. The van der Waals surface area contributed by atoms with E-state index in [1.165, 1.54) is 42.5 Å². The molecule has 0 aliphatic heterocycles. The Hall–Kier alpha value is -2.90. The van der Waals surface area contributed by atoms with Crippen LogP contribution in [0.25, 0.3) is 0 Å². The number of carbonyl (C=O) groups excluding carboxylic acids is 2. The minimum Gasteiger partial charge on any atom is -0.343 e. The second-order valence-corrected chi connectivity index (χ2v) is 5.68. The van der Waals surface area contributed by atoms with Gasteiger partial charge in [0, 0.05) is 11.3 Å². The maximum Gasteiger partial charge on any atom is 0.405 e.